The second-order valence-electron chi connectivity index (χ2n) is 8.42. The zero-order valence-electron chi connectivity index (χ0n) is 17.7. The molecule has 1 aromatic carbocycles. The summed E-state index contributed by atoms with van der Waals surface area (Å²) in [5, 5.41) is 6.13. The molecule has 0 radical (unpaired) electrons. The van der Waals surface area contributed by atoms with Gasteiger partial charge in [0.1, 0.15) is 5.58 Å². The van der Waals surface area contributed by atoms with Crippen LogP contribution in [-0.2, 0) is 22.5 Å². The summed E-state index contributed by atoms with van der Waals surface area (Å²) in [5.74, 6) is 0.571. The number of hydrogen-bond donors (Lipinski definition) is 1. The summed E-state index contributed by atoms with van der Waals surface area (Å²) in [7, 11) is 0. The molecular weight excluding hydrogens is 388 g/mol. The van der Waals surface area contributed by atoms with Gasteiger partial charge in [-0.25, -0.2) is 0 Å². The minimum Gasteiger partial charge on any atom is -0.598 e. The van der Waals surface area contributed by atoms with Gasteiger partial charge in [0.2, 0.25) is 0 Å². The van der Waals surface area contributed by atoms with Crippen molar-refractivity contribution < 1.29 is 13.7 Å². The van der Waals surface area contributed by atoms with Crippen molar-refractivity contribution in [2.45, 2.75) is 58.0 Å². The van der Waals surface area contributed by atoms with Gasteiger partial charge in [0.05, 0.1) is 17.6 Å². The summed E-state index contributed by atoms with van der Waals surface area (Å²) < 4.78 is 23.1. The first-order valence-electron chi connectivity index (χ1n) is 9.88. The van der Waals surface area contributed by atoms with Crippen LogP contribution in [0.1, 0.15) is 38.8 Å². The number of fused-ring (bicyclic) bond motifs is 1. The average Bonchev–Trinajstić information content (AvgIpc) is 2.61. The topological polar surface area (TPSA) is 91.8 Å². The molecule has 1 aliphatic heterocycles. The second-order valence-corrected chi connectivity index (χ2v) is 10.1. The number of allylic oxidation sites excluding steroid dienone is 1. The van der Waals surface area contributed by atoms with E-state index in [0.29, 0.717) is 36.4 Å². The fourth-order valence-corrected chi connectivity index (χ4v) is 3.91. The quantitative estimate of drug-likeness (QED) is 0.592. The van der Waals surface area contributed by atoms with Gasteiger partial charge in [-0.2, -0.15) is 5.14 Å². The highest BCUT2D eigenvalue weighted by atomic mass is 32.2. The molecule has 0 aliphatic carbocycles. The van der Waals surface area contributed by atoms with Gasteiger partial charge in [0.15, 0.2) is 16.1 Å². The lowest BCUT2D eigenvalue weighted by atomic mass is 10.0. The van der Waals surface area contributed by atoms with Crippen molar-refractivity contribution in [1.29, 1.82) is 0 Å². The molecule has 1 aliphatic rings. The number of nitrogens with zero attached hydrogens (tertiary/aromatic N) is 1. The van der Waals surface area contributed by atoms with Crippen LogP contribution in [0.25, 0.3) is 11.0 Å². The largest absolute Gasteiger partial charge is 0.598 e. The average molecular weight is 419 g/mol. The Kier molecular flexibility index (Phi) is 6.43. The first kappa shape index (κ1) is 21.9. The third-order valence-electron chi connectivity index (χ3n) is 5.14. The summed E-state index contributed by atoms with van der Waals surface area (Å²) >= 11 is -1.46. The molecule has 0 spiro atoms. The summed E-state index contributed by atoms with van der Waals surface area (Å²) in [4.78, 5) is 14.9. The van der Waals surface area contributed by atoms with Gasteiger partial charge in [-0.3, -0.25) is 4.79 Å². The van der Waals surface area contributed by atoms with E-state index >= 15 is 0 Å². The minimum atomic E-state index is -1.46. The van der Waals surface area contributed by atoms with Crippen LogP contribution >= 0.6 is 0 Å². The zero-order chi connectivity index (χ0) is 21.3. The van der Waals surface area contributed by atoms with E-state index in [4.69, 9.17) is 14.3 Å². The summed E-state index contributed by atoms with van der Waals surface area (Å²) in [6.45, 7) is 11.0. The van der Waals surface area contributed by atoms with Crippen LogP contribution in [0.2, 0.25) is 0 Å². The van der Waals surface area contributed by atoms with Crippen LogP contribution < -0.4 is 15.5 Å². The van der Waals surface area contributed by atoms with Gasteiger partial charge < -0.3 is 18.6 Å². The Hall–Kier alpha value is -1.80. The highest BCUT2D eigenvalue weighted by Crippen LogP contribution is 2.27. The van der Waals surface area contributed by atoms with Crippen LogP contribution in [-0.4, -0.2) is 34.6 Å². The maximum Gasteiger partial charge on any atom is 0.200 e. The first-order valence-corrected chi connectivity index (χ1v) is 11.1. The van der Waals surface area contributed by atoms with E-state index in [1.165, 1.54) is 0 Å². The third-order valence-corrected chi connectivity index (χ3v) is 6.32. The number of hydrogen-bond acceptors (Lipinski definition) is 6. The summed E-state index contributed by atoms with van der Waals surface area (Å²) in [5.41, 5.74) is 2.46. The highest BCUT2D eigenvalue weighted by Gasteiger charge is 2.26. The van der Waals surface area contributed by atoms with Crippen LogP contribution in [0.4, 0.5) is 5.88 Å². The third kappa shape index (κ3) is 5.04. The number of rotatable bonds is 5. The van der Waals surface area contributed by atoms with E-state index in [1.807, 2.05) is 58.9 Å². The van der Waals surface area contributed by atoms with Crippen molar-refractivity contribution in [2.75, 3.05) is 18.0 Å². The molecule has 0 bridgehead atoms. The van der Waals surface area contributed by atoms with Crippen LogP contribution in [0.5, 0.6) is 0 Å². The van der Waals surface area contributed by atoms with Crippen molar-refractivity contribution in [3.63, 3.8) is 0 Å². The minimum absolute atomic E-state index is 0.0506. The van der Waals surface area contributed by atoms with E-state index in [0.717, 1.165) is 11.1 Å². The van der Waals surface area contributed by atoms with Gasteiger partial charge >= 0.3 is 0 Å². The van der Waals surface area contributed by atoms with Gasteiger partial charge in [0, 0.05) is 30.5 Å². The summed E-state index contributed by atoms with van der Waals surface area (Å²) in [6.07, 6.45) is 4.48. The van der Waals surface area contributed by atoms with E-state index < -0.39 is 16.1 Å². The molecule has 3 atom stereocenters. The Labute approximate surface area is 175 Å². The molecule has 2 N–H and O–H groups in total. The molecule has 3 rings (SSSR count). The fraction of sp³-hybridized carbons (Fsp3) is 0.500. The maximum atomic E-state index is 12.8. The Morgan fingerprint density at radius 3 is 2.55 bits per heavy atom. The molecule has 1 unspecified atom stereocenters. The molecule has 29 heavy (non-hydrogen) atoms. The predicted molar refractivity (Wildman–Crippen MR) is 119 cm³/mol. The van der Waals surface area contributed by atoms with Gasteiger partial charge in [0.25, 0.3) is 0 Å². The van der Waals surface area contributed by atoms with E-state index in [-0.39, 0.29) is 17.6 Å². The molecular formula is C22H30N2O4S. The molecule has 7 heteroatoms. The zero-order valence-corrected chi connectivity index (χ0v) is 18.5. The number of anilines is 1. The Balaban J connectivity index is 2.00. The monoisotopic (exact) mass is 418 g/mol. The lowest BCUT2D eigenvalue weighted by Gasteiger charge is -2.35. The lowest BCUT2D eigenvalue weighted by Crippen LogP contribution is -2.45. The SMILES string of the molecule is Cc1cc(CC=CC(C)(C)[S+](N)[O-])c2oc(N3C[C@@H](C)O[C@@H](C)C3)cc(=O)c2c1. The van der Waals surface area contributed by atoms with Crippen molar-refractivity contribution in [2.24, 2.45) is 5.14 Å². The Morgan fingerprint density at radius 2 is 1.93 bits per heavy atom. The maximum absolute atomic E-state index is 12.8. The molecule has 2 aromatic rings. The molecule has 158 valence electrons. The molecule has 0 saturated carbocycles. The standard InChI is InChI=1S/C22H30N2O4S/c1-14-9-17(7-6-8-22(4,5)29(23)26)21-18(10-14)19(25)11-20(28-21)24-12-15(2)27-16(3)13-24/h6,8-11,15-16H,7,12-13,23H2,1-5H3/t15-,16+,29?. The molecule has 1 aromatic heterocycles. The molecule has 1 fully saturated rings. The highest BCUT2D eigenvalue weighted by molar-refractivity contribution is 7.90. The van der Waals surface area contributed by atoms with Gasteiger partial charge in [-0.05, 0) is 64.3 Å². The lowest BCUT2D eigenvalue weighted by molar-refractivity contribution is -0.00638. The molecule has 0 amide bonds. The van der Waals surface area contributed by atoms with E-state index in [1.54, 1.807) is 6.07 Å². The smallest absolute Gasteiger partial charge is 0.200 e. The van der Waals surface area contributed by atoms with Crippen molar-refractivity contribution in [1.82, 2.24) is 0 Å². The van der Waals surface area contributed by atoms with Crippen molar-refractivity contribution >= 4 is 28.2 Å². The van der Waals surface area contributed by atoms with Crippen molar-refractivity contribution in [3.05, 3.63) is 51.7 Å². The normalized spacial score (nSPS) is 21.8. The van der Waals surface area contributed by atoms with Crippen LogP contribution in [0, 0.1) is 6.92 Å². The van der Waals surface area contributed by atoms with E-state index in [2.05, 4.69) is 4.90 Å². The second kappa shape index (κ2) is 8.52. The fourth-order valence-electron chi connectivity index (χ4n) is 3.68. The van der Waals surface area contributed by atoms with Crippen LogP contribution in [0.15, 0.2) is 39.6 Å². The number of benzene rings is 1. The summed E-state index contributed by atoms with van der Waals surface area (Å²) in [6, 6.07) is 5.46. The Bertz CT molecular complexity index is 957. The van der Waals surface area contributed by atoms with Crippen LogP contribution in [0.3, 0.4) is 0 Å². The number of aryl methyl sites for hydroxylation is 1. The first-order chi connectivity index (χ1) is 13.6. The molecule has 6 nitrogen and oxygen atoms in total. The molecule has 1 saturated heterocycles. The number of ether oxygens (including phenoxy) is 1. The Morgan fingerprint density at radius 1 is 1.28 bits per heavy atom. The van der Waals surface area contributed by atoms with E-state index in [9.17, 15) is 9.35 Å². The number of morpholine rings is 1. The van der Waals surface area contributed by atoms with Gasteiger partial charge in [-0.15, -0.1) is 0 Å². The van der Waals surface area contributed by atoms with Crippen molar-refractivity contribution in [3.8, 4) is 0 Å². The molecule has 2 heterocycles. The van der Waals surface area contributed by atoms with Gasteiger partial charge in [-0.1, -0.05) is 12.1 Å². The number of nitrogens with two attached hydrogens (primary N) is 1. The predicted octanol–water partition coefficient (Wildman–Crippen LogP) is 3.21.